The highest BCUT2D eigenvalue weighted by atomic mass is 19.2. The van der Waals surface area contributed by atoms with E-state index in [1.165, 1.54) is 13.2 Å². The maximum absolute atomic E-state index is 13.0. The minimum absolute atomic E-state index is 0.124. The molecule has 1 aromatic carbocycles. The van der Waals surface area contributed by atoms with Crippen molar-refractivity contribution in [2.45, 2.75) is 6.42 Å². The highest BCUT2D eigenvalue weighted by Gasteiger charge is 2.13. The minimum atomic E-state index is -1.01. The molecule has 0 aliphatic heterocycles. The van der Waals surface area contributed by atoms with Gasteiger partial charge in [-0.2, -0.15) is 4.39 Å². The highest BCUT2D eigenvalue weighted by molar-refractivity contribution is 5.35. The van der Waals surface area contributed by atoms with Crippen LogP contribution in [0.5, 0.6) is 5.75 Å². The lowest BCUT2D eigenvalue weighted by Gasteiger charge is -2.08. The first-order chi connectivity index (χ1) is 6.20. The number of ether oxygens (including phenoxy) is 1. The van der Waals surface area contributed by atoms with Crippen LogP contribution in [0.1, 0.15) is 5.56 Å². The summed E-state index contributed by atoms with van der Waals surface area (Å²) in [5.41, 5.74) is 0.462. The number of aliphatic hydroxyl groups is 1. The van der Waals surface area contributed by atoms with Crippen molar-refractivity contribution in [2.75, 3.05) is 13.7 Å². The van der Waals surface area contributed by atoms with Gasteiger partial charge < -0.3 is 9.84 Å². The number of hydrogen-bond donors (Lipinski definition) is 1. The molecule has 0 aliphatic rings. The summed E-state index contributed by atoms with van der Waals surface area (Å²) in [6.45, 7) is -0.124. The average molecular weight is 188 g/mol. The lowest BCUT2D eigenvalue weighted by molar-refractivity contribution is 0.294. The number of methoxy groups -OCH3 is 1. The first-order valence-electron chi connectivity index (χ1n) is 3.82. The van der Waals surface area contributed by atoms with Gasteiger partial charge in [-0.25, -0.2) is 4.39 Å². The molecule has 2 nitrogen and oxygen atoms in total. The zero-order valence-corrected chi connectivity index (χ0v) is 7.18. The fourth-order valence-corrected chi connectivity index (χ4v) is 1.11. The fourth-order valence-electron chi connectivity index (χ4n) is 1.11. The number of halogens is 2. The average Bonchev–Trinajstić information content (AvgIpc) is 2.12. The zero-order chi connectivity index (χ0) is 9.84. The van der Waals surface area contributed by atoms with Crippen LogP contribution in [-0.4, -0.2) is 18.8 Å². The van der Waals surface area contributed by atoms with Crippen LogP contribution >= 0.6 is 0 Å². The molecular weight excluding hydrogens is 178 g/mol. The van der Waals surface area contributed by atoms with Gasteiger partial charge in [-0.3, -0.25) is 0 Å². The first kappa shape index (κ1) is 9.92. The van der Waals surface area contributed by atoms with Crippen LogP contribution in [0.4, 0.5) is 8.78 Å². The Bertz CT molecular complexity index is 300. The summed E-state index contributed by atoms with van der Waals surface area (Å²) in [5.74, 6) is -2.08. The summed E-state index contributed by atoms with van der Waals surface area (Å²) < 4.78 is 30.4. The van der Waals surface area contributed by atoms with E-state index in [-0.39, 0.29) is 18.8 Å². The molecule has 0 atom stereocenters. The van der Waals surface area contributed by atoms with Crippen molar-refractivity contribution in [2.24, 2.45) is 0 Å². The molecule has 0 aromatic heterocycles. The first-order valence-corrected chi connectivity index (χ1v) is 3.82. The van der Waals surface area contributed by atoms with Gasteiger partial charge in [0.25, 0.3) is 0 Å². The van der Waals surface area contributed by atoms with Gasteiger partial charge in [0.05, 0.1) is 7.11 Å². The quantitative estimate of drug-likeness (QED) is 0.779. The summed E-state index contributed by atoms with van der Waals surface area (Å²) in [4.78, 5) is 0. The molecule has 0 fully saturated rings. The molecule has 0 spiro atoms. The molecule has 1 rings (SSSR count). The third kappa shape index (κ3) is 1.95. The molecule has 0 bridgehead atoms. The van der Waals surface area contributed by atoms with Gasteiger partial charge in [0.2, 0.25) is 5.82 Å². The number of hydrogen-bond acceptors (Lipinski definition) is 2. The Morgan fingerprint density at radius 1 is 1.38 bits per heavy atom. The molecule has 0 heterocycles. The molecule has 0 aliphatic carbocycles. The Morgan fingerprint density at radius 2 is 2.08 bits per heavy atom. The summed E-state index contributed by atoms with van der Waals surface area (Å²) in [7, 11) is 1.26. The molecule has 0 unspecified atom stereocenters. The summed E-state index contributed by atoms with van der Waals surface area (Å²) >= 11 is 0. The highest BCUT2D eigenvalue weighted by Crippen LogP contribution is 2.24. The van der Waals surface area contributed by atoms with E-state index >= 15 is 0 Å². The van der Waals surface area contributed by atoms with Crippen LogP contribution in [-0.2, 0) is 6.42 Å². The smallest absolute Gasteiger partial charge is 0.200 e. The monoisotopic (exact) mass is 188 g/mol. The van der Waals surface area contributed by atoms with Crippen LogP contribution in [0.25, 0.3) is 0 Å². The number of rotatable bonds is 3. The molecule has 0 amide bonds. The Kier molecular flexibility index (Phi) is 3.19. The molecule has 13 heavy (non-hydrogen) atoms. The zero-order valence-electron chi connectivity index (χ0n) is 7.18. The van der Waals surface area contributed by atoms with Gasteiger partial charge >= 0.3 is 0 Å². The Balaban J connectivity index is 3.13. The third-order valence-corrected chi connectivity index (χ3v) is 1.72. The number of aliphatic hydroxyl groups excluding tert-OH is 1. The van der Waals surface area contributed by atoms with Crippen LogP contribution < -0.4 is 4.74 Å². The van der Waals surface area contributed by atoms with E-state index in [2.05, 4.69) is 4.74 Å². The summed E-state index contributed by atoms with van der Waals surface area (Å²) in [6, 6.07) is 2.41. The maximum Gasteiger partial charge on any atom is 0.200 e. The molecule has 1 N–H and O–H groups in total. The third-order valence-electron chi connectivity index (χ3n) is 1.72. The second-order valence-corrected chi connectivity index (χ2v) is 2.53. The van der Waals surface area contributed by atoms with Crippen molar-refractivity contribution in [3.05, 3.63) is 29.3 Å². The molecule has 72 valence electrons. The lowest BCUT2D eigenvalue weighted by Crippen LogP contribution is -2.00. The topological polar surface area (TPSA) is 29.5 Å². The van der Waals surface area contributed by atoms with Crippen molar-refractivity contribution in [1.82, 2.24) is 0 Å². The molecule has 1 aromatic rings. The van der Waals surface area contributed by atoms with E-state index in [1.807, 2.05) is 0 Å². The Labute approximate surface area is 74.8 Å². The summed E-state index contributed by atoms with van der Waals surface area (Å²) in [6.07, 6.45) is 0.250. The van der Waals surface area contributed by atoms with E-state index in [1.54, 1.807) is 0 Å². The van der Waals surface area contributed by atoms with Gasteiger partial charge in [-0.15, -0.1) is 0 Å². The normalized spacial score (nSPS) is 10.2. The minimum Gasteiger partial charge on any atom is -0.493 e. The predicted octanol–water partition coefficient (Wildman–Crippen LogP) is 1.51. The lowest BCUT2D eigenvalue weighted by atomic mass is 10.1. The van der Waals surface area contributed by atoms with Crippen molar-refractivity contribution in [3.8, 4) is 5.75 Å². The van der Waals surface area contributed by atoms with Gasteiger partial charge in [0.1, 0.15) is 0 Å². The fraction of sp³-hybridized carbons (Fsp3) is 0.333. The van der Waals surface area contributed by atoms with E-state index in [4.69, 9.17) is 5.11 Å². The van der Waals surface area contributed by atoms with E-state index in [0.717, 1.165) is 6.07 Å². The van der Waals surface area contributed by atoms with Crippen LogP contribution in [0.15, 0.2) is 12.1 Å². The Morgan fingerprint density at radius 3 is 2.62 bits per heavy atom. The van der Waals surface area contributed by atoms with Crippen molar-refractivity contribution < 1.29 is 18.6 Å². The largest absolute Gasteiger partial charge is 0.493 e. The van der Waals surface area contributed by atoms with Crippen molar-refractivity contribution >= 4 is 0 Å². The van der Waals surface area contributed by atoms with Gasteiger partial charge in [-0.1, -0.05) is 6.07 Å². The SMILES string of the molecule is COc1c(CCO)ccc(F)c1F. The van der Waals surface area contributed by atoms with Gasteiger partial charge in [0, 0.05) is 6.61 Å². The molecule has 0 radical (unpaired) electrons. The van der Waals surface area contributed by atoms with Gasteiger partial charge in [0.15, 0.2) is 11.6 Å². The van der Waals surface area contributed by atoms with E-state index < -0.39 is 11.6 Å². The molecular formula is C9H10F2O2. The number of benzene rings is 1. The van der Waals surface area contributed by atoms with Crippen LogP contribution in [0.2, 0.25) is 0 Å². The van der Waals surface area contributed by atoms with Crippen molar-refractivity contribution in [1.29, 1.82) is 0 Å². The second-order valence-electron chi connectivity index (χ2n) is 2.53. The maximum atomic E-state index is 13.0. The van der Waals surface area contributed by atoms with Crippen molar-refractivity contribution in [3.63, 3.8) is 0 Å². The second kappa shape index (κ2) is 4.18. The van der Waals surface area contributed by atoms with E-state index in [9.17, 15) is 8.78 Å². The van der Waals surface area contributed by atoms with E-state index in [0.29, 0.717) is 5.56 Å². The van der Waals surface area contributed by atoms with Crippen LogP contribution in [0, 0.1) is 11.6 Å². The van der Waals surface area contributed by atoms with Gasteiger partial charge in [-0.05, 0) is 18.1 Å². The predicted molar refractivity (Wildman–Crippen MR) is 43.7 cm³/mol. The molecule has 0 saturated heterocycles. The van der Waals surface area contributed by atoms with Crippen LogP contribution in [0.3, 0.4) is 0 Å². The summed E-state index contributed by atoms with van der Waals surface area (Å²) in [5, 5.41) is 8.63. The molecule has 0 saturated carbocycles. The standard InChI is InChI=1S/C9H10F2O2/c1-13-9-6(4-5-12)2-3-7(10)8(9)11/h2-3,12H,4-5H2,1H3. The Hall–Kier alpha value is -1.16. The molecule has 4 heteroatoms.